The number of sulfonamides is 1. The van der Waals surface area contributed by atoms with Gasteiger partial charge in [-0.25, -0.2) is 17.5 Å². The maximum Gasteiger partial charge on any atom is 0.242 e. The van der Waals surface area contributed by atoms with Crippen LogP contribution in [0.3, 0.4) is 0 Å². The lowest BCUT2D eigenvalue weighted by Gasteiger charge is -2.26. The Morgan fingerprint density at radius 2 is 2.15 bits per heavy atom. The topological polar surface area (TPSA) is 72.2 Å². The Hall–Kier alpha value is -1.14. The minimum atomic E-state index is -3.67. The van der Waals surface area contributed by atoms with Crippen molar-refractivity contribution in [2.75, 3.05) is 12.3 Å². The predicted octanol–water partition coefficient (Wildman–Crippen LogP) is 2.51. The minimum absolute atomic E-state index is 0.0530. The van der Waals surface area contributed by atoms with Crippen molar-refractivity contribution < 1.29 is 12.8 Å². The Kier molecular flexibility index (Phi) is 4.65. The quantitative estimate of drug-likeness (QED) is 0.839. The fraction of sp³-hybridized carbons (Fsp3) is 0.571. The van der Waals surface area contributed by atoms with E-state index in [0.717, 1.165) is 31.4 Å². The smallest absolute Gasteiger partial charge is 0.242 e. The molecule has 1 aromatic rings. The number of rotatable bonds is 4. The summed E-state index contributed by atoms with van der Waals surface area (Å²) in [6.07, 6.45) is 4.45. The first-order chi connectivity index (χ1) is 9.38. The van der Waals surface area contributed by atoms with Gasteiger partial charge in [-0.2, -0.15) is 0 Å². The highest BCUT2D eigenvalue weighted by Crippen LogP contribution is 2.28. The first-order valence-electron chi connectivity index (χ1n) is 6.93. The maximum absolute atomic E-state index is 13.0. The van der Waals surface area contributed by atoms with Crippen molar-refractivity contribution in [3.8, 4) is 0 Å². The number of nitrogens with one attached hydrogen (secondary N) is 1. The number of nitrogen functional groups attached to an aromatic ring is 1. The Morgan fingerprint density at radius 1 is 1.40 bits per heavy atom. The Bertz CT molecular complexity index is 575. The van der Waals surface area contributed by atoms with Crippen LogP contribution in [0.15, 0.2) is 23.1 Å². The molecule has 0 bridgehead atoms. The Labute approximate surface area is 119 Å². The molecule has 1 fully saturated rings. The van der Waals surface area contributed by atoms with Crippen LogP contribution in [0.25, 0.3) is 0 Å². The van der Waals surface area contributed by atoms with E-state index in [-0.39, 0.29) is 10.6 Å². The van der Waals surface area contributed by atoms with Gasteiger partial charge >= 0.3 is 0 Å². The molecule has 0 aromatic heterocycles. The van der Waals surface area contributed by atoms with E-state index in [1.165, 1.54) is 12.5 Å². The zero-order valence-corrected chi connectivity index (χ0v) is 12.4. The van der Waals surface area contributed by atoms with Gasteiger partial charge in [0.25, 0.3) is 0 Å². The van der Waals surface area contributed by atoms with Gasteiger partial charge in [0.2, 0.25) is 10.0 Å². The summed E-state index contributed by atoms with van der Waals surface area (Å²) >= 11 is 0. The number of anilines is 1. The molecule has 0 heterocycles. The van der Waals surface area contributed by atoms with Gasteiger partial charge in [-0.15, -0.1) is 0 Å². The van der Waals surface area contributed by atoms with E-state index in [1.807, 2.05) is 0 Å². The average molecular weight is 300 g/mol. The third kappa shape index (κ3) is 3.70. The zero-order valence-electron chi connectivity index (χ0n) is 11.6. The Balaban J connectivity index is 2.03. The third-order valence-corrected chi connectivity index (χ3v) is 5.37. The molecule has 0 aliphatic heterocycles. The first-order valence-corrected chi connectivity index (χ1v) is 8.41. The summed E-state index contributed by atoms with van der Waals surface area (Å²) in [5.74, 6) is 0.479. The van der Waals surface area contributed by atoms with Crippen molar-refractivity contribution in [1.82, 2.24) is 4.72 Å². The van der Waals surface area contributed by atoms with Crippen LogP contribution in [0, 0.1) is 17.7 Å². The molecule has 112 valence electrons. The van der Waals surface area contributed by atoms with Gasteiger partial charge in [0, 0.05) is 6.54 Å². The van der Waals surface area contributed by atoms with E-state index in [0.29, 0.717) is 18.4 Å². The highest BCUT2D eigenvalue weighted by molar-refractivity contribution is 7.89. The molecule has 6 heteroatoms. The van der Waals surface area contributed by atoms with Crippen molar-refractivity contribution in [2.24, 2.45) is 11.8 Å². The van der Waals surface area contributed by atoms with Crippen molar-refractivity contribution in [1.29, 1.82) is 0 Å². The third-order valence-electron chi connectivity index (χ3n) is 3.87. The summed E-state index contributed by atoms with van der Waals surface area (Å²) in [6.45, 7) is 2.61. The number of hydrogen-bond acceptors (Lipinski definition) is 3. The van der Waals surface area contributed by atoms with Crippen LogP contribution in [0.1, 0.15) is 32.6 Å². The van der Waals surface area contributed by atoms with E-state index in [2.05, 4.69) is 11.6 Å². The molecule has 0 saturated heterocycles. The van der Waals surface area contributed by atoms with E-state index >= 15 is 0 Å². The monoisotopic (exact) mass is 300 g/mol. The first kappa shape index (κ1) is 15.3. The van der Waals surface area contributed by atoms with Crippen LogP contribution in [-0.2, 0) is 10.0 Å². The maximum atomic E-state index is 13.0. The minimum Gasteiger partial charge on any atom is -0.398 e. The second-order valence-electron chi connectivity index (χ2n) is 5.67. The molecular formula is C14H21FN2O2S. The lowest BCUT2D eigenvalue weighted by molar-refractivity contribution is 0.283. The molecule has 1 saturated carbocycles. The van der Waals surface area contributed by atoms with Gasteiger partial charge in [0.1, 0.15) is 10.7 Å². The standard InChI is InChI=1S/C14H21FN2O2S/c1-10-3-2-4-11(7-10)9-17-20(18,19)14-6-5-12(15)8-13(14)16/h5-6,8,10-11,17H,2-4,7,9,16H2,1H3. The van der Waals surface area contributed by atoms with E-state index in [1.54, 1.807) is 0 Å². The largest absolute Gasteiger partial charge is 0.398 e. The van der Waals surface area contributed by atoms with Crippen LogP contribution in [-0.4, -0.2) is 15.0 Å². The van der Waals surface area contributed by atoms with Crippen LogP contribution >= 0.6 is 0 Å². The molecule has 2 unspecified atom stereocenters. The molecule has 0 spiro atoms. The van der Waals surface area contributed by atoms with E-state index in [4.69, 9.17) is 5.73 Å². The second-order valence-corrected chi connectivity index (χ2v) is 7.41. The number of halogens is 1. The van der Waals surface area contributed by atoms with Crippen LogP contribution in [0.5, 0.6) is 0 Å². The van der Waals surface area contributed by atoms with Gasteiger partial charge in [0.05, 0.1) is 5.69 Å². The van der Waals surface area contributed by atoms with E-state index < -0.39 is 15.8 Å². The summed E-state index contributed by atoms with van der Waals surface area (Å²) < 4.78 is 39.9. The summed E-state index contributed by atoms with van der Waals surface area (Å²) in [7, 11) is -3.67. The molecule has 1 aliphatic carbocycles. The molecule has 0 radical (unpaired) electrons. The summed E-state index contributed by atoms with van der Waals surface area (Å²) in [6, 6.07) is 3.33. The van der Waals surface area contributed by atoms with Crippen molar-refractivity contribution in [2.45, 2.75) is 37.5 Å². The fourth-order valence-electron chi connectivity index (χ4n) is 2.81. The van der Waals surface area contributed by atoms with Gasteiger partial charge in [-0.1, -0.05) is 19.8 Å². The molecular weight excluding hydrogens is 279 g/mol. The van der Waals surface area contributed by atoms with Crippen molar-refractivity contribution in [3.63, 3.8) is 0 Å². The number of nitrogens with two attached hydrogens (primary N) is 1. The summed E-state index contributed by atoms with van der Waals surface area (Å²) in [5, 5.41) is 0. The highest BCUT2D eigenvalue weighted by Gasteiger charge is 2.23. The molecule has 1 aromatic carbocycles. The van der Waals surface area contributed by atoms with Gasteiger partial charge in [0.15, 0.2) is 0 Å². The molecule has 20 heavy (non-hydrogen) atoms. The van der Waals surface area contributed by atoms with Crippen molar-refractivity contribution >= 4 is 15.7 Å². The zero-order chi connectivity index (χ0) is 14.8. The summed E-state index contributed by atoms with van der Waals surface area (Å²) in [4.78, 5) is -0.0530. The molecule has 0 amide bonds. The lowest BCUT2D eigenvalue weighted by atomic mass is 9.83. The summed E-state index contributed by atoms with van der Waals surface area (Å²) in [5.41, 5.74) is 5.52. The van der Waals surface area contributed by atoms with Crippen molar-refractivity contribution in [3.05, 3.63) is 24.0 Å². The Morgan fingerprint density at radius 3 is 2.80 bits per heavy atom. The van der Waals surface area contributed by atoms with Crippen LogP contribution in [0.2, 0.25) is 0 Å². The lowest BCUT2D eigenvalue weighted by Crippen LogP contribution is -2.32. The molecule has 2 atom stereocenters. The molecule has 1 aliphatic rings. The normalized spacial score (nSPS) is 23.7. The van der Waals surface area contributed by atoms with E-state index in [9.17, 15) is 12.8 Å². The second kappa shape index (κ2) is 6.10. The van der Waals surface area contributed by atoms with Crippen LogP contribution in [0.4, 0.5) is 10.1 Å². The molecule has 4 nitrogen and oxygen atoms in total. The molecule has 3 N–H and O–H groups in total. The molecule has 2 rings (SSSR count). The van der Waals surface area contributed by atoms with Gasteiger partial charge in [-0.3, -0.25) is 0 Å². The fourth-order valence-corrected chi connectivity index (χ4v) is 4.04. The SMILES string of the molecule is CC1CCCC(CNS(=O)(=O)c2ccc(F)cc2N)C1. The number of benzene rings is 1. The number of hydrogen-bond donors (Lipinski definition) is 2. The predicted molar refractivity (Wildman–Crippen MR) is 77.1 cm³/mol. The van der Waals surface area contributed by atoms with Gasteiger partial charge in [-0.05, 0) is 42.9 Å². The van der Waals surface area contributed by atoms with Gasteiger partial charge < -0.3 is 5.73 Å². The average Bonchev–Trinajstić information content (AvgIpc) is 2.36. The van der Waals surface area contributed by atoms with Crippen LogP contribution < -0.4 is 10.5 Å². The highest BCUT2D eigenvalue weighted by atomic mass is 32.2.